The van der Waals surface area contributed by atoms with E-state index in [1.807, 2.05) is 0 Å². The van der Waals surface area contributed by atoms with Crippen LogP contribution in [0, 0.1) is 0 Å². The Hall–Kier alpha value is -2.43. The number of aromatic carboxylic acids is 1. The fourth-order valence-electron chi connectivity index (χ4n) is 1.25. The number of rotatable bonds is 2. The number of carboxylic acid groups (broad SMARTS) is 1. The number of hydrogen-bond donors (Lipinski definition) is 2. The van der Waals surface area contributed by atoms with Crippen molar-refractivity contribution in [3.63, 3.8) is 0 Å². The quantitative estimate of drug-likeness (QED) is 0.790. The van der Waals surface area contributed by atoms with Gasteiger partial charge in [0, 0.05) is 11.8 Å². The highest BCUT2D eigenvalue weighted by atomic mass is 16.4. The molecule has 0 bridgehead atoms. The number of nitrogen functional groups attached to an aromatic ring is 1. The molecule has 5 heteroatoms. The van der Waals surface area contributed by atoms with Crippen LogP contribution in [0.3, 0.4) is 0 Å². The Morgan fingerprint density at radius 2 is 1.94 bits per heavy atom. The Morgan fingerprint density at radius 3 is 2.44 bits per heavy atom. The summed E-state index contributed by atoms with van der Waals surface area (Å²) in [6, 6.07) is 6.59. The smallest absolute Gasteiger partial charge is 0.354 e. The first-order chi connectivity index (χ1) is 7.66. The van der Waals surface area contributed by atoms with Gasteiger partial charge in [-0.15, -0.1) is 0 Å². The van der Waals surface area contributed by atoms with Gasteiger partial charge in [-0.1, -0.05) is 0 Å². The van der Waals surface area contributed by atoms with Crippen molar-refractivity contribution in [1.29, 1.82) is 0 Å². The summed E-state index contributed by atoms with van der Waals surface area (Å²) in [5, 5.41) is 8.69. The highest BCUT2D eigenvalue weighted by Gasteiger charge is 2.05. The largest absolute Gasteiger partial charge is 0.477 e. The standard InChI is InChI=1S/C11H9N3O2/c12-8-2-4-9(14-6-8)7-1-3-10(11(15)16)13-5-7/h1-6H,12H2,(H,15,16). The van der Waals surface area contributed by atoms with Gasteiger partial charge in [0.25, 0.3) is 0 Å². The van der Waals surface area contributed by atoms with Crippen LogP contribution in [-0.2, 0) is 0 Å². The molecular weight excluding hydrogens is 206 g/mol. The molecule has 0 aliphatic heterocycles. The van der Waals surface area contributed by atoms with E-state index in [1.54, 1.807) is 24.4 Å². The third-order valence-electron chi connectivity index (χ3n) is 2.06. The molecule has 0 fully saturated rings. The number of pyridine rings is 2. The minimum atomic E-state index is -1.04. The average Bonchev–Trinajstić information content (AvgIpc) is 2.30. The fraction of sp³-hybridized carbons (Fsp3) is 0. The van der Waals surface area contributed by atoms with Crippen molar-refractivity contribution in [3.8, 4) is 11.3 Å². The normalized spacial score (nSPS) is 10.0. The lowest BCUT2D eigenvalue weighted by Gasteiger charge is -2.01. The zero-order valence-electron chi connectivity index (χ0n) is 8.29. The van der Waals surface area contributed by atoms with E-state index >= 15 is 0 Å². The van der Waals surface area contributed by atoms with Crippen molar-refractivity contribution in [2.24, 2.45) is 0 Å². The van der Waals surface area contributed by atoms with Crippen molar-refractivity contribution in [2.45, 2.75) is 0 Å². The van der Waals surface area contributed by atoms with Crippen LogP contribution in [0.15, 0.2) is 36.7 Å². The van der Waals surface area contributed by atoms with E-state index in [4.69, 9.17) is 10.8 Å². The fourth-order valence-corrected chi connectivity index (χ4v) is 1.25. The summed E-state index contributed by atoms with van der Waals surface area (Å²) in [5.41, 5.74) is 7.57. The monoisotopic (exact) mass is 215 g/mol. The summed E-state index contributed by atoms with van der Waals surface area (Å²) in [6.45, 7) is 0. The molecule has 5 nitrogen and oxygen atoms in total. The van der Waals surface area contributed by atoms with Crippen LogP contribution >= 0.6 is 0 Å². The van der Waals surface area contributed by atoms with Crippen LogP contribution in [0.1, 0.15) is 10.5 Å². The third kappa shape index (κ3) is 1.98. The molecule has 2 aromatic heterocycles. The van der Waals surface area contributed by atoms with Crippen LogP contribution in [0.5, 0.6) is 0 Å². The molecule has 0 saturated heterocycles. The first kappa shape index (κ1) is 10.1. The molecule has 0 unspecified atom stereocenters. The maximum absolute atomic E-state index is 10.6. The minimum Gasteiger partial charge on any atom is -0.477 e. The van der Waals surface area contributed by atoms with Gasteiger partial charge in [0.2, 0.25) is 0 Å². The molecule has 0 spiro atoms. The van der Waals surface area contributed by atoms with Crippen LogP contribution in [0.4, 0.5) is 5.69 Å². The van der Waals surface area contributed by atoms with Crippen molar-refractivity contribution in [1.82, 2.24) is 9.97 Å². The molecule has 16 heavy (non-hydrogen) atoms. The number of aromatic nitrogens is 2. The van der Waals surface area contributed by atoms with E-state index in [0.717, 1.165) is 5.56 Å². The molecule has 0 aromatic carbocycles. The average molecular weight is 215 g/mol. The van der Waals surface area contributed by atoms with Gasteiger partial charge in [-0.05, 0) is 24.3 Å². The topological polar surface area (TPSA) is 89.1 Å². The molecule has 0 aliphatic carbocycles. The van der Waals surface area contributed by atoms with Gasteiger partial charge in [-0.25, -0.2) is 9.78 Å². The SMILES string of the molecule is Nc1ccc(-c2ccc(C(=O)O)nc2)nc1. The van der Waals surface area contributed by atoms with Crippen molar-refractivity contribution in [3.05, 3.63) is 42.4 Å². The van der Waals surface area contributed by atoms with Gasteiger partial charge in [0.1, 0.15) is 5.69 Å². The minimum absolute atomic E-state index is 0.0131. The zero-order chi connectivity index (χ0) is 11.5. The number of nitrogens with zero attached hydrogens (tertiary/aromatic N) is 2. The molecule has 80 valence electrons. The first-order valence-electron chi connectivity index (χ1n) is 4.58. The molecule has 3 N–H and O–H groups in total. The van der Waals surface area contributed by atoms with E-state index in [0.29, 0.717) is 11.4 Å². The Morgan fingerprint density at radius 1 is 1.12 bits per heavy atom. The van der Waals surface area contributed by atoms with Crippen LogP contribution in [0.2, 0.25) is 0 Å². The maximum atomic E-state index is 10.6. The summed E-state index contributed by atoms with van der Waals surface area (Å²) in [4.78, 5) is 18.5. The van der Waals surface area contributed by atoms with E-state index in [9.17, 15) is 4.79 Å². The summed E-state index contributed by atoms with van der Waals surface area (Å²) >= 11 is 0. The van der Waals surface area contributed by atoms with Crippen LogP contribution in [-0.4, -0.2) is 21.0 Å². The highest BCUT2D eigenvalue weighted by molar-refractivity contribution is 5.85. The van der Waals surface area contributed by atoms with Crippen LogP contribution < -0.4 is 5.73 Å². The Balaban J connectivity index is 2.34. The molecule has 0 amide bonds. The number of anilines is 1. The predicted molar refractivity (Wildman–Crippen MR) is 58.8 cm³/mol. The van der Waals surface area contributed by atoms with Crippen molar-refractivity contribution >= 4 is 11.7 Å². The van der Waals surface area contributed by atoms with E-state index in [2.05, 4.69) is 9.97 Å². The summed E-state index contributed by atoms with van der Waals surface area (Å²) in [6.07, 6.45) is 3.02. The number of hydrogen-bond acceptors (Lipinski definition) is 4. The molecule has 2 heterocycles. The van der Waals surface area contributed by atoms with Crippen LogP contribution in [0.25, 0.3) is 11.3 Å². The molecular formula is C11H9N3O2. The number of carboxylic acids is 1. The molecule has 0 atom stereocenters. The molecule has 0 saturated carbocycles. The lowest BCUT2D eigenvalue weighted by atomic mass is 10.2. The van der Waals surface area contributed by atoms with Crippen molar-refractivity contribution in [2.75, 3.05) is 5.73 Å². The summed E-state index contributed by atoms with van der Waals surface area (Å²) in [7, 11) is 0. The number of nitrogens with two attached hydrogens (primary N) is 1. The summed E-state index contributed by atoms with van der Waals surface area (Å²) < 4.78 is 0. The maximum Gasteiger partial charge on any atom is 0.354 e. The molecule has 2 aromatic rings. The second kappa shape index (κ2) is 3.98. The van der Waals surface area contributed by atoms with Gasteiger partial charge in [-0.2, -0.15) is 0 Å². The third-order valence-corrected chi connectivity index (χ3v) is 2.06. The lowest BCUT2D eigenvalue weighted by molar-refractivity contribution is 0.0690. The highest BCUT2D eigenvalue weighted by Crippen LogP contribution is 2.16. The molecule has 0 aliphatic rings. The van der Waals surface area contributed by atoms with Crippen molar-refractivity contribution < 1.29 is 9.90 Å². The second-order valence-electron chi connectivity index (χ2n) is 3.21. The van der Waals surface area contributed by atoms with Gasteiger partial charge in [-0.3, -0.25) is 4.98 Å². The zero-order valence-corrected chi connectivity index (χ0v) is 8.29. The number of carbonyl (C=O) groups is 1. The Kier molecular flexibility index (Phi) is 2.51. The van der Waals surface area contributed by atoms with E-state index < -0.39 is 5.97 Å². The lowest BCUT2D eigenvalue weighted by Crippen LogP contribution is -1.99. The second-order valence-corrected chi connectivity index (χ2v) is 3.21. The molecule has 0 radical (unpaired) electrons. The Bertz CT molecular complexity index is 506. The first-order valence-corrected chi connectivity index (χ1v) is 4.58. The Labute approximate surface area is 91.6 Å². The van der Waals surface area contributed by atoms with Gasteiger partial charge < -0.3 is 10.8 Å². The van der Waals surface area contributed by atoms with Gasteiger partial charge >= 0.3 is 5.97 Å². The molecule has 2 rings (SSSR count). The summed E-state index contributed by atoms with van der Waals surface area (Å²) in [5.74, 6) is -1.04. The van der Waals surface area contributed by atoms with E-state index in [-0.39, 0.29) is 5.69 Å². The van der Waals surface area contributed by atoms with E-state index in [1.165, 1.54) is 12.3 Å². The van der Waals surface area contributed by atoms with Gasteiger partial charge in [0.05, 0.1) is 17.6 Å². The van der Waals surface area contributed by atoms with Gasteiger partial charge in [0.15, 0.2) is 0 Å². The predicted octanol–water partition coefficient (Wildman–Crippen LogP) is 1.42.